The fourth-order valence-electron chi connectivity index (χ4n) is 1.29. The highest BCUT2D eigenvalue weighted by Gasteiger charge is 2.01. The van der Waals surface area contributed by atoms with E-state index in [0.717, 1.165) is 10.7 Å². The van der Waals surface area contributed by atoms with Crippen molar-refractivity contribution < 1.29 is 4.79 Å². The predicted molar refractivity (Wildman–Crippen MR) is 58.6 cm³/mol. The molecule has 0 saturated heterocycles. The van der Waals surface area contributed by atoms with Gasteiger partial charge in [-0.1, -0.05) is 0 Å². The highest BCUT2D eigenvalue weighted by molar-refractivity contribution is 7.15. The zero-order chi connectivity index (χ0) is 10.7. The molecule has 0 fully saturated rings. The first-order chi connectivity index (χ1) is 7.25. The molecule has 0 bridgehead atoms. The van der Waals surface area contributed by atoms with Crippen LogP contribution in [0.25, 0.3) is 4.96 Å². The molecular formula is C9H12N4OS. The van der Waals surface area contributed by atoms with Crippen LogP contribution in [0.15, 0.2) is 17.8 Å². The lowest BCUT2D eigenvalue weighted by Crippen LogP contribution is -2.21. The van der Waals surface area contributed by atoms with Crippen LogP contribution in [0.1, 0.15) is 12.1 Å². The molecule has 6 heteroatoms. The quantitative estimate of drug-likeness (QED) is 0.720. The van der Waals surface area contributed by atoms with Crippen LogP contribution in [-0.4, -0.2) is 21.8 Å². The Hall–Kier alpha value is -1.40. The first kappa shape index (κ1) is 10.1. The average molecular weight is 224 g/mol. The summed E-state index contributed by atoms with van der Waals surface area (Å²) in [6.07, 6.45) is 4.31. The van der Waals surface area contributed by atoms with E-state index in [0.29, 0.717) is 19.5 Å². The van der Waals surface area contributed by atoms with Crippen LogP contribution < -0.4 is 11.1 Å². The summed E-state index contributed by atoms with van der Waals surface area (Å²) in [5, 5.41) is 5.10. The smallest absolute Gasteiger partial charge is 0.218 e. The Morgan fingerprint density at radius 1 is 1.67 bits per heavy atom. The summed E-state index contributed by atoms with van der Waals surface area (Å²) in [6.45, 7) is 1.27. The lowest BCUT2D eigenvalue weighted by Gasteiger charge is -1.98. The number of primary amides is 1. The van der Waals surface area contributed by atoms with Crippen molar-refractivity contribution in [3.63, 3.8) is 0 Å². The number of rotatable bonds is 5. The number of hydrogen-bond acceptors (Lipinski definition) is 4. The number of thiazole rings is 1. The maximum atomic E-state index is 10.5. The lowest BCUT2D eigenvalue weighted by atomic mass is 10.4. The SMILES string of the molecule is NC(=O)CCNCc1cn2ccsc2n1. The Bertz CT molecular complexity index is 433. The normalized spacial score (nSPS) is 10.9. The second kappa shape index (κ2) is 4.41. The third-order valence-electron chi connectivity index (χ3n) is 2.00. The number of fused-ring (bicyclic) bond motifs is 1. The summed E-state index contributed by atoms with van der Waals surface area (Å²) in [5.74, 6) is -0.284. The Balaban J connectivity index is 1.84. The van der Waals surface area contributed by atoms with Crippen LogP contribution in [0.2, 0.25) is 0 Å². The molecule has 0 atom stereocenters. The van der Waals surface area contributed by atoms with E-state index >= 15 is 0 Å². The highest BCUT2D eigenvalue weighted by Crippen LogP contribution is 2.10. The Morgan fingerprint density at radius 3 is 3.27 bits per heavy atom. The maximum absolute atomic E-state index is 10.5. The van der Waals surface area contributed by atoms with Crippen molar-refractivity contribution in [3.8, 4) is 0 Å². The summed E-state index contributed by atoms with van der Waals surface area (Å²) in [5.41, 5.74) is 6.00. The number of nitrogens with two attached hydrogens (primary N) is 1. The van der Waals surface area contributed by atoms with Gasteiger partial charge in [-0.25, -0.2) is 4.98 Å². The molecular weight excluding hydrogens is 212 g/mol. The van der Waals surface area contributed by atoms with Gasteiger partial charge in [0.1, 0.15) is 0 Å². The van der Waals surface area contributed by atoms with Crippen molar-refractivity contribution in [3.05, 3.63) is 23.5 Å². The van der Waals surface area contributed by atoms with Crippen molar-refractivity contribution in [1.82, 2.24) is 14.7 Å². The number of carbonyl (C=O) groups excluding carboxylic acids is 1. The topological polar surface area (TPSA) is 72.4 Å². The molecule has 1 amide bonds. The lowest BCUT2D eigenvalue weighted by molar-refractivity contribution is -0.117. The van der Waals surface area contributed by atoms with Gasteiger partial charge in [0.15, 0.2) is 4.96 Å². The largest absolute Gasteiger partial charge is 0.370 e. The molecule has 3 N–H and O–H groups in total. The number of amides is 1. The van der Waals surface area contributed by atoms with Gasteiger partial charge in [-0.15, -0.1) is 11.3 Å². The molecule has 0 spiro atoms. The number of hydrogen-bond donors (Lipinski definition) is 2. The minimum Gasteiger partial charge on any atom is -0.370 e. The molecule has 0 aromatic carbocycles. The van der Waals surface area contributed by atoms with Gasteiger partial charge in [-0.2, -0.15) is 0 Å². The number of nitrogens with one attached hydrogen (secondary N) is 1. The molecule has 0 saturated carbocycles. The zero-order valence-electron chi connectivity index (χ0n) is 8.14. The number of nitrogens with zero attached hydrogens (tertiary/aromatic N) is 2. The molecule has 2 rings (SSSR count). The number of carbonyl (C=O) groups is 1. The van der Waals surface area contributed by atoms with Crippen LogP contribution in [-0.2, 0) is 11.3 Å². The van der Waals surface area contributed by atoms with Gasteiger partial charge in [0.2, 0.25) is 5.91 Å². The number of aromatic nitrogens is 2. The minimum absolute atomic E-state index is 0.284. The van der Waals surface area contributed by atoms with E-state index < -0.39 is 0 Å². The Kier molecular flexibility index (Phi) is 2.98. The fraction of sp³-hybridized carbons (Fsp3) is 0.333. The first-order valence-corrected chi connectivity index (χ1v) is 5.54. The van der Waals surface area contributed by atoms with Crippen LogP contribution in [0.4, 0.5) is 0 Å². The van der Waals surface area contributed by atoms with Crippen LogP contribution in [0.3, 0.4) is 0 Å². The Morgan fingerprint density at radius 2 is 2.53 bits per heavy atom. The monoisotopic (exact) mass is 224 g/mol. The predicted octanol–water partition coefficient (Wildman–Crippen LogP) is 0.361. The van der Waals surface area contributed by atoms with Gasteiger partial charge >= 0.3 is 0 Å². The second-order valence-electron chi connectivity index (χ2n) is 3.22. The van der Waals surface area contributed by atoms with Crippen LogP contribution in [0.5, 0.6) is 0 Å². The molecule has 15 heavy (non-hydrogen) atoms. The standard InChI is InChI=1S/C9H12N4OS/c10-8(14)1-2-11-5-7-6-13-3-4-15-9(13)12-7/h3-4,6,11H,1-2,5H2,(H2,10,14). The van der Waals surface area contributed by atoms with Gasteiger partial charge < -0.3 is 11.1 Å². The molecule has 0 radical (unpaired) electrons. The molecule has 0 aliphatic carbocycles. The van der Waals surface area contributed by atoms with Crippen LogP contribution >= 0.6 is 11.3 Å². The summed E-state index contributed by atoms with van der Waals surface area (Å²) >= 11 is 1.60. The summed E-state index contributed by atoms with van der Waals surface area (Å²) in [6, 6.07) is 0. The second-order valence-corrected chi connectivity index (χ2v) is 4.09. The maximum Gasteiger partial charge on any atom is 0.218 e. The van der Waals surface area contributed by atoms with Gasteiger partial charge in [0, 0.05) is 37.3 Å². The average Bonchev–Trinajstić information content (AvgIpc) is 2.71. The molecule has 0 aliphatic rings. The molecule has 0 unspecified atom stereocenters. The van der Waals surface area contributed by atoms with Crippen molar-refractivity contribution in [1.29, 1.82) is 0 Å². The van der Waals surface area contributed by atoms with Crippen molar-refractivity contribution in [2.75, 3.05) is 6.54 Å². The fourth-order valence-corrected chi connectivity index (χ4v) is 2.01. The van der Waals surface area contributed by atoms with Gasteiger partial charge in [0.05, 0.1) is 5.69 Å². The summed E-state index contributed by atoms with van der Waals surface area (Å²) < 4.78 is 1.98. The van der Waals surface area contributed by atoms with Crippen molar-refractivity contribution >= 4 is 22.2 Å². The molecule has 5 nitrogen and oxygen atoms in total. The molecule has 2 heterocycles. The van der Waals surface area contributed by atoms with E-state index in [4.69, 9.17) is 5.73 Å². The zero-order valence-corrected chi connectivity index (χ0v) is 8.96. The minimum atomic E-state index is -0.284. The van der Waals surface area contributed by atoms with E-state index in [9.17, 15) is 4.79 Å². The van der Waals surface area contributed by atoms with Gasteiger partial charge in [-0.05, 0) is 0 Å². The highest BCUT2D eigenvalue weighted by atomic mass is 32.1. The van der Waals surface area contributed by atoms with Crippen molar-refractivity contribution in [2.24, 2.45) is 5.73 Å². The Labute approximate surface area is 90.9 Å². The van der Waals surface area contributed by atoms with E-state index in [-0.39, 0.29) is 5.91 Å². The third-order valence-corrected chi connectivity index (χ3v) is 2.77. The first-order valence-electron chi connectivity index (χ1n) is 4.66. The molecule has 2 aromatic rings. The van der Waals surface area contributed by atoms with Gasteiger partial charge in [-0.3, -0.25) is 9.20 Å². The number of imidazole rings is 1. The molecule has 2 aromatic heterocycles. The van der Waals surface area contributed by atoms with Crippen molar-refractivity contribution in [2.45, 2.75) is 13.0 Å². The summed E-state index contributed by atoms with van der Waals surface area (Å²) in [7, 11) is 0. The van der Waals surface area contributed by atoms with E-state index in [2.05, 4.69) is 10.3 Å². The molecule has 80 valence electrons. The van der Waals surface area contributed by atoms with E-state index in [1.54, 1.807) is 11.3 Å². The van der Waals surface area contributed by atoms with E-state index in [1.807, 2.05) is 22.2 Å². The van der Waals surface area contributed by atoms with Gasteiger partial charge in [0.25, 0.3) is 0 Å². The summed E-state index contributed by atoms with van der Waals surface area (Å²) in [4.78, 5) is 15.9. The third kappa shape index (κ3) is 2.54. The van der Waals surface area contributed by atoms with Crippen LogP contribution in [0, 0.1) is 0 Å². The molecule has 0 aliphatic heterocycles. The van der Waals surface area contributed by atoms with E-state index in [1.165, 1.54) is 0 Å².